The molecule has 20 nitrogen and oxygen atoms in total. The number of aromatic nitrogens is 6. The summed E-state index contributed by atoms with van der Waals surface area (Å²) < 4.78 is 35.3. The number of hydrogen-bond donors (Lipinski definition) is 3. The van der Waals surface area contributed by atoms with Gasteiger partial charge in [-0.1, -0.05) is 45.0 Å². The Labute approximate surface area is 456 Å². The lowest BCUT2D eigenvalue weighted by atomic mass is 9.73. The van der Waals surface area contributed by atoms with Gasteiger partial charge in [0.1, 0.15) is 36.1 Å². The van der Waals surface area contributed by atoms with E-state index in [0.29, 0.717) is 50.0 Å². The van der Waals surface area contributed by atoms with Crippen LogP contribution in [0.4, 0.5) is 4.79 Å². The van der Waals surface area contributed by atoms with E-state index >= 15 is 0 Å². The van der Waals surface area contributed by atoms with Crippen LogP contribution in [0.2, 0.25) is 0 Å². The van der Waals surface area contributed by atoms with Gasteiger partial charge in [-0.3, -0.25) is 19.4 Å². The standard InChI is InChI=1S/C56H80N8O12S/c1-12-45-56(8)50(63(54(71)76-56)24-14-13-23-62-30-42(58-32-62)39-16-15-22-57-28-39)35(4)46(66)33(2)27-55(7,72-10)51(36(5)47(67)37(6)52(70)74-45)75-53-49(69)43(26-34(3)73-53)61(9)25-21-40-29-64(60-59-40)44(31-65)48(68)38-17-19-41(77-11)20-18-38/h15-20,22,28-30,32-37,43-45,48-51,53,65,68-69H,12-14,21,23-27,31H2,1-11H3/t33-,34-,35+,36+,37-,43+,44?,45-,48+,49-,50+,51-,53+,55-,56-/m1/s1. The maximum absolute atomic E-state index is 15.0. The van der Waals surface area contributed by atoms with Crippen molar-refractivity contribution in [1.82, 2.24) is 39.3 Å². The predicted molar refractivity (Wildman–Crippen MR) is 286 cm³/mol. The molecule has 0 radical (unpaired) electrons. The molecule has 15 atom stereocenters. The lowest BCUT2D eigenvalue weighted by Gasteiger charge is -2.47. The van der Waals surface area contributed by atoms with Crippen LogP contribution >= 0.6 is 11.8 Å². The Morgan fingerprint density at radius 2 is 1.71 bits per heavy atom. The number of rotatable bonds is 19. The molecule has 1 aromatic carbocycles. The molecule has 3 aliphatic rings. The number of carbonyl (C=O) groups excluding carboxylic acids is 4. The summed E-state index contributed by atoms with van der Waals surface area (Å²) in [7, 11) is 3.35. The van der Waals surface area contributed by atoms with Crippen molar-refractivity contribution in [2.45, 2.75) is 171 Å². The second-order valence-corrected chi connectivity index (χ2v) is 22.6. The Morgan fingerprint density at radius 1 is 0.987 bits per heavy atom. The highest BCUT2D eigenvalue weighted by molar-refractivity contribution is 7.98. The highest BCUT2D eigenvalue weighted by Crippen LogP contribution is 2.43. The number of likely N-dealkylation sites (N-methyl/N-ethyl adjacent to an activating group) is 1. The third kappa shape index (κ3) is 13.2. The van der Waals surface area contributed by atoms with Crippen LogP contribution in [0.15, 0.2) is 72.4 Å². The number of aliphatic hydroxyl groups excluding tert-OH is 3. The molecule has 3 saturated heterocycles. The number of ether oxygens (including phenoxy) is 5. The fraction of sp³-hybridized carbons (Fsp3) is 0.643. The molecule has 0 spiro atoms. The van der Waals surface area contributed by atoms with Crippen LogP contribution in [0.1, 0.15) is 111 Å². The lowest BCUT2D eigenvalue weighted by Crippen LogP contribution is -2.60. The zero-order valence-electron chi connectivity index (χ0n) is 46.4. The maximum atomic E-state index is 15.0. The van der Waals surface area contributed by atoms with Crippen molar-refractivity contribution in [2.75, 3.05) is 40.1 Å². The van der Waals surface area contributed by atoms with Crippen molar-refractivity contribution in [3.63, 3.8) is 0 Å². The highest BCUT2D eigenvalue weighted by atomic mass is 32.2. The van der Waals surface area contributed by atoms with E-state index in [1.165, 1.54) is 18.7 Å². The lowest BCUT2D eigenvalue weighted by molar-refractivity contribution is -0.296. The van der Waals surface area contributed by atoms with Gasteiger partial charge >= 0.3 is 12.1 Å². The zero-order valence-corrected chi connectivity index (χ0v) is 47.2. The van der Waals surface area contributed by atoms with Gasteiger partial charge in [0.05, 0.1) is 48.2 Å². The van der Waals surface area contributed by atoms with Crippen molar-refractivity contribution in [2.24, 2.45) is 23.7 Å². The molecule has 3 fully saturated rings. The summed E-state index contributed by atoms with van der Waals surface area (Å²) in [6, 6.07) is 9.19. The molecule has 1 amide bonds. The number of benzene rings is 1. The number of amides is 1. The molecule has 4 aromatic rings. The first-order valence-electron chi connectivity index (χ1n) is 27.0. The van der Waals surface area contributed by atoms with Crippen molar-refractivity contribution in [3.8, 4) is 11.3 Å². The van der Waals surface area contributed by atoms with Gasteiger partial charge in [0.15, 0.2) is 17.7 Å². The number of carbonyl (C=O) groups is 4. The Hall–Kier alpha value is -5.13. The molecule has 21 heteroatoms. The number of nitrogens with zero attached hydrogens (tertiary/aromatic N) is 8. The molecule has 0 saturated carbocycles. The van der Waals surface area contributed by atoms with Gasteiger partial charge in [-0.25, -0.2) is 14.5 Å². The van der Waals surface area contributed by atoms with Crippen molar-refractivity contribution >= 4 is 35.4 Å². The third-order valence-corrected chi connectivity index (χ3v) is 17.1. The van der Waals surface area contributed by atoms with E-state index in [2.05, 4.69) is 20.3 Å². The minimum Gasteiger partial charge on any atom is -0.458 e. The quantitative estimate of drug-likeness (QED) is 0.0414. The van der Waals surface area contributed by atoms with Crippen LogP contribution in [0.5, 0.6) is 0 Å². The number of Topliss-reactive ketones (excluding diaryl/α,β-unsaturated/α-hetero) is 2. The van der Waals surface area contributed by atoms with E-state index in [1.807, 2.05) is 79.2 Å². The second-order valence-electron chi connectivity index (χ2n) is 21.7. The number of fused-ring (bicyclic) bond motifs is 1. The number of imidazole rings is 1. The SMILES string of the molecule is CC[C@H]1OC(=O)[C@H](C)C(=O)[C@H](C)[C@@H](O[C@@H]2O[C@H](C)C[C@H](N(C)CCc3cn(C(CO)[C@@H](O)c4ccc(SC)cc4)nn3)[C@H]2O)[C@](C)(OC)C[C@@H](C)C(=O)[C@H](C)[C@@H]2N(CCCCn3cnc(-c4cccnc4)c3)C(=O)O[C@@]21C. The fourth-order valence-corrected chi connectivity index (χ4v) is 12.2. The molecule has 1 unspecified atom stereocenters. The van der Waals surface area contributed by atoms with Gasteiger partial charge in [0.25, 0.3) is 0 Å². The monoisotopic (exact) mass is 1090 g/mol. The van der Waals surface area contributed by atoms with E-state index < -0.39 is 108 Å². The third-order valence-electron chi connectivity index (χ3n) is 16.3. The number of hydrogen-bond acceptors (Lipinski definition) is 18. The fourth-order valence-electron chi connectivity index (χ4n) is 11.8. The number of aryl methyl sites for hydroxylation is 1. The van der Waals surface area contributed by atoms with Gasteiger partial charge in [-0.15, -0.1) is 16.9 Å². The number of ketones is 2. The van der Waals surface area contributed by atoms with Crippen LogP contribution in [-0.4, -0.2) is 172 Å². The molecule has 3 aromatic heterocycles. The van der Waals surface area contributed by atoms with Crippen LogP contribution < -0.4 is 0 Å². The molecule has 0 bridgehead atoms. The predicted octanol–water partition coefficient (Wildman–Crippen LogP) is 6.12. The van der Waals surface area contributed by atoms with Crippen LogP contribution in [0, 0.1) is 23.7 Å². The molecule has 7 rings (SSSR count). The van der Waals surface area contributed by atoms with Crippen molar-refractivity contribution < 1.29 is 58.2 Å². The average Bonchev–Trinajstić information content (AvgIpc) is 4.23. The van der Waals surface area contributed by atoms with Gasteiger partial charge in [-0.2, -0.15) is 0 Å². The van der Waals surface area contributed by atoms with Gasteiger partial charge in [-0.05, 0) is 103 Å². The van der Waals surface area contributed by atoms with Crippen molar-refractivity contribution in [1.29, 1.82) is 0 Å². The molecule has 3 aliphatic heterocycles. The summed E-state index contributed by atoms with van der Waals surface area (Å²) in [4.78, 5) is 71.3. The van der Waals surface area contributed by atoms with Gasteiger partial charge < -0.3 is 53.4 Å². The Kier molecular flexibility index (Phi) is 19.9. The largest absolute Gasteiger partial charge is 0.458 e. The Bertz CT molecular complexity index is 2610. The normalized spacial score (nSPS) is 31.4. The summed E-state index contributed by atoms with van der Waals surface area (Å²) in [5.74, 6) is -5.36. The van der Waals surface area contributed by atoms with Crippen molar-refractivity contribution in [3.05, 3.63) is 78.8 Å². The Morgan fingerprint density at radius 3 is 2.38 bits per heavy atom. The van der Waals surface area contributed by atoms with Gasteiger partial charge in [0, 0.05) is 92.2 Å². The first-order valence-corrected chi connectivity index (χ1v) is 28.2. The first kappa shape index (κ1) is 59.5. The smallest absolute Gasteiger partial charge is 0.410 e. The number of pyridine rings is 1. The van der Waals surface area contributed by atoms with Crippen LogP contribution in [0.3, 0.4) is 0 Å². The minimum absolute atomic E-state index is 0.0655. The minimum atomic E-state index is -1.45. The molecular weight excluding hydrogens is 1010 g/mol. The number of cyclic esters (lactones) is 1. The topological polar surface area (TPSA) is 243 Å². The molecule has 0 aliphatic carbocycles. The molecule has 422 valence electrons. The molecule has 3 N–H and O–H groups in total. The summed E-state index contributed by atoms with van der Waals surface area (Å²) in [5, 5.41) is 42.2. The molecule has 6 heterocycles. The summed E-state index contributed by atoms with van der Waals surface area (Å²) in [5.41, 5.74) is 0.140. The Balaban J connectivity index is 1.07. The highest BCUT2D eigenvalue weighted by Gasteiger charge is 2.60. The second kappa shape index (κ2) is 25.8. The first-order chi connectivity index (χ1) is 36.7. The van der Waals surface area contributed by atoms with Gasteiger partial charge in [0.2, 0.25) is 0 Å². The summed E-state index contributed by atoms with van der Waals surface area (Å²) in [6.07, 6.45) is 6.55. The number of esters is 1. The van der Waals surface area contributed by atoms with Crippen LogP contribution in [-0.2, 0) is 51.0 Å². The molecular formula is C56H80N8O12S. The molecule has 77 heavy (non-hydrogen) atoms. The number of methoxy groups -OCH3 is 1. The van der Waals surface area contributed by atoms with E-state index in [-0.39, 0.29) is 31.8 Å². The number of aliphatic hydroxyl groups is 3. The number of unbranched alkanes of at least 4 members (excludes halogenated alkanes) is 1. The van der Waals surface area contributed by atoms with E-state index in [1.54, 1.807) is 76.2 Å². The van der Waals surface area contributed by atoms with E-state index in [0.717, 1.165) is 16.2 Å². The maximum Gasteiger partial charge on any atom is 0.410 e. The summed E-state index contributed by atoms with van der Waals surface area (Å²) >= 11 is 1.59. The zero-order chi connectivity index (χ0) is 55.9. The van der Waals surface area contributed by atoms with E-state index in [9.17, 15) is 34.5 Å². The number of thioether (sulfide) groups is 1. The average molecular weight is 1090 g/mol. The summed E-state index contributed by atoms with van der Waals surface area (Å²) in [6.45, 7) is 14.8. The van der Waals surface area contributed by atoms with Crippen LogP contribution in [0.25, 0.3) is 11.3 Å². The van der Waals surface area contributed by atoms with E-state index in [4.69, 9.17) is 23.7 Å².